The first kappa shape index (κ1) is 16.7. The van der Waals surface area contributed by atoms with E-state index in [-0.39, 0.29) is 10.9 Å². The van der Waals surface area contributed by atoms with Gasteiger partial charge in [-0.25, -0.2) is 0 Å². The van der Waals surface area contributed by atoms with Crippen LogP contribution in [0.3, 0.4) is 0 Å². The fourth-order valence-corrected chi connectivity index (χ4v) is 4.53. The van der Waals surface area contributed by atoms with E-state index >= 15 is 0 Å². The van der Waals surface area contributed by atoms with Gasteiger partial charge in [-0.05, 0) is 17.5 Å². The van der Waals surface area contributed by atoms with E-state index in [1.165, 1.54) is 0 Å². The molecule has 1 aromatic rings. The first-order valence-corrected chi connectivity index (χ1v) is 8.67. The largest absolute Gasteiger partial charge is 0.507 e. The third-order valence-corrected chi connectivity index (χ3v) is 7.18. The molecule has 19 heavy (non-hydrogen) atoms. The van der Waals surface area contributed by atoms with E-state index in [2.05, 4.69) is 26.0 Å². The molecule has 0 N–H and O–H groups in total. The monoisotopic (exact) mass is 302 g/mol. The summed E-state index contributed by atoms with van der Waals surface area (Å²) in [5.74, 6) is 0. The Kier molecular flexibility index (Phi) is 6.49. The summed E-state index contributed by atoms with van der Waals surface area (Å²) in [5, 5.41) is 0.0378. The molecule has 3 nitrogen and oxygen atoms in total. The molecular weight excluding hydrogens is 280 g/mol. The molecular formula is C14H23ClO3Si. The van der Waals surface area contributed by atoms with E-state index < -0.39 is 8.80 Å². The third kappa shape index (κ3) is 3.58. The number of halogens is 1. The van der Waals surface area contributed by atoms with Gasteiger partial charge in [-0.2, -0.15) is 0 Å². The Balaban J connectivity index is 3.08. The second-order valence-corrected chi connectivity index (χ2v) is 8.31. The smallest absolute Gasteiger partial charge is 0.376 e. The Morgan fingerprint density at radius 3 is 2.11 bits per heavy atom. The average Bonchev–Trinajstić information content (AvgIpc) is 2.48. The topological polar surface area (TPSA) is 27.7 Å². The highest BCUT2D eigenvalue weighted by Gasteiger charge is 2.45. The molecule has 0 heterocycles. The van der Waals surface area contributed by atoms with Crippen molar-refractivity contribution in [1.29, 1.82) is 0 Å². The highest BCUT2D eigenvalue weighted by atomic mass is 35.5. The van der Waals surface area contributed by atoms with Crippen LogP contribution < -0.4 is 0 Å². The van der Waals surface area contributed by atoms with Crippen molar-refractivity contribution >= 4 is 20.4 Å². The van der Waals surface area contributed by atoms with E-state index in [0.29, 0.717) is 0 Å². The first-order chi connectivity index (χ1) is 9.04. The maximum absolute atomic E-state index is 6.30. The molecule has 0 aliphatic rings. The molecule has 0 aromatic heterocycles. The predicted molar refractivity (Wildman–Crippen MR) is 80.5 cm³/mol. The summed E-state index contributed by atoms with van der Waals surface area (Å²) in [7, 11) is 2.23. The van der Waals surface area contributed by atoms with Crippen LogP contribution in [-0.2, 0) is 13.3 Å². The fourth-order valence-electron chi connectivity index (χ4n) is 2.24. The van der Waals surface area contributed by atoms with Crippen molar-refractivity contribution in [3.05, 3.63) is 35.4 Å². The zero-order valence-electron chi connectivity index (χ0n) is 12.3. The van der Waals surface area contributed by atoms with Crippen molar-refractivity contribution in [2.24, 2.45) is 0 Å². The van der Waals surface area contributed by atoms with E-state index in [0.717, 1.165) is 17.5 Å². The van der Waals surface area contributed by atoms with Gasteiger partial charge in [0, 0.05) is 21.3 Å². The molecule has 5 heteroatoms. The van der Waals surface area contributed by atoms with Crippen LogP contribution in [0.15, 0.2) is 24.3 Å². The zero-order valence-corrected chi connectivity index (χ0v) is 14.0. The molecule has 0 fully saturated rings. The summed E-state index contributed by atoms with van der Waals surface area (Å²) >= 11 is 6.30. The molecule has 0 bridgehead atoms. The lowest BCUT2D eigenvalue weighted by atomic mass is 10.0. The van der Waals surface area contributed by atoms with Gasteiger partial charge in [0.2, 0.25) is 0 Å². The molecule has 1 rings (SSSR count). The van der Waals surface area contributed by atoms with Crippen LogP contribution in [0.25, 0.3) is 0 Å². The van der Waals surface area contributed by atoms with Gasteiger partial charge in [0.25, 0.3) is 0 Å². The minimum Gasteiger partial charge on any atom is -0.376 e. The molecule has 0 saturated heterocycles. The van der Waals surface area contributed by atoms with E-state index in [9.17, 15) is 0 Å². The van der Waals surface area contributed by atoms with Crippen LogP contribution in [0.5, 0.6) is 0 Å². The summed E-state index contributed by atoms with van der Waals surface area (Å²) in [6.07, 6.45) is 0.904. The predicted octanol–water partition coefficient (Wildman–Crippen LogP) is 3.90. The first-order valence-electron chi connectivity index (χ1n) is 6.44. The molecule has 0 aliphatic heterocycles. The summed E-state index contributed by atoms with van der Waals surface area (Å²) in [4.78, 5) is 0. The highest BCUT2D eigenvalue weighted by Crippen LogP contribution is 2.31. The van der Waals surface area contributed by atoms with Crippen molar-refractivity contribution in [2.45, 2.75) is 31.2 Å². The molecule has 108 valence electrons. The third-order valence-electron chi connectivity index (χ3n) is 3.51. The van der Waals surface area contributed by atoms with Crippen molar-refractivity contribution in [3.63, 3.8) is 0 Å². The maximum Gasteiger partial charge on any atom is 0.507 e. The van der Waals surface area contributed by atoms with Crippen molar-refractivity contribution < 1.29 is 13.3 Å². The van der Waals surface area contributed by atoms with Crippen LogP contribution >= 0.6 is 11.6 Å². The number of rotatable bonds is 7. The molecule has 0 spiro atoms. The summed E-state index contributed by atoms with van der Waals surface area (Å²) in [6.45, 7) is 4.14. The molecule has 0 aliphatic carbocycles. The maximum atomic E-state index is 6.30. The standard InChI is InChI=1S/C14H23ClO3Si/c1-6-14(15)13-9-7-8-12(10-13)11(2)19(16-3,17-4)18-5/h7-11,14H,6H2,1-5H3. The van der Waals surface area contributed by atoms with Crippen LogP contribution in [0.1, 0.15) is 42.3 Å². The van der Waals surface area contributed by atoms with Crippen LogP contribution in [0.4, 0.5) is 0 Å². The van der Waals surface area contributed by atoms with Gasteiger partial charge >= 0.3 is 8.80 Å². The van der Waals surface area contributed by atoms with Crippen molar-refractivity contribution in [2.75, 3.05) is 21.3 Å². The van der Waals surface area contributed by atoms with Gasteiger partial charge in [-0.15, -0.1) is 11.6 Å². The molecule has 1 aromatic carbocycles. The number of alkyl halides is 1. The summed E-state index contributed by atoms with van der Waals surface area (Å²) in [5.41, 5.74) is 2.32. The Morgan fingerprint density at radius 2 is 1.63 bits per heavy atom. The average molecular weight is 303 g/mol. The molecule has 0 amide bonds. The van der Waals surface area contributed by atoms with E-state index in [1.807, 2.05) is 12.1 Å². The second kappa shape index (κ2) is 7.41. The molecule has 0 radical (unpaired) electrons. The molecule has 2 atom stereocenters. The highest BCUT2D eigenvalue weighted by molar-refractivity contribution is 6.62. The minimum absolute atomic E-state index is 0.0378. The summed E-state index contributed by atoms with van der Waals surface area (Å²) < 4.78 is 16.6. The SMILES string of the molecule is CCC(Cl)c1cccc(C(C)[Si](OC)(OC)OC)c1. The molecule has 2 unspecified atom stereocenters. The van der Waals surface area contributed by atoms with Gasteiger partial charge in [0.1, 0.15) is 0 Å². The van der Waals surface area contributed by atoms with Gasteiger partial charge in [-0.3, -0.25) is 0 Å². The van der Waals surface area contributed by atoms with Gasteiger partial charge in [-0.1, -0.05) is 38.1 Å². The van der Waals surface area contributed by atoms with E-state index in [1.54, 1.807) is 21.3 Å². The van der Waals surface area contributed by atoms with E-state index in [4.69, 9.17) is 24.9 Å². The Hall–Kier alpha value is -0.393. The Labute approximate surface area is 122 Å². The number of hydrogen-bond donors (Lipinski definition) is 0. The van der Waals surface area contributed by atoms with Gasteiger partial charge in [0.15, 0.2) is 0 Å². The lowest BCUT2D eigenvalue weighted by Crippen LogP contribution is -2.48. The fraction of sp³-hybridized carbons (Fsp3) is 0.571. The van der Waals surface area contributed by atoms with Crippen molar-refractivity contribution in [1.82, 2.24) is 0 Å². The number of benzene rings is 1. The van der Waals surface area contributed by atoms with Gasteiger partial charge < -0.3 is 13.3 Å². The minimum atomic E-state index is -2.67. The molecule has 0 saturated carbocycles. The lowest BCUT2D eigenvalue weighted by molar-refractivity contribution is 0.114. The number of hydrogen-bond acceptors (Lipinski definition) is 3. The lowest BCUT2D eigenvalue weighted by Gasteiger charge is -2.30. The van der Waals surface area contributed by atoms with Crippen LogP contribution in [-0.4, -0.2) is 30.1 Å². The van der Waals surface area contributed by atoms with Crippen molar-refractivity contribution in [3.8, 4) is 0 Å². The zero-order chi connectivity index (χ0) is 14.5. The Morgan fingerprint density at radius 1 is 1.11 bits per heavy atom. The normalized spacial score (nSPS) is 15.3. The second-order valence-electron chi connectivity index (χ2n) is 4.48. The Bertz CT molecular complexity index is 388. The van der Waals surface area contributed by atoms with Gasteiger partial charge in [0.05, 0.1) is 10.9 Å². The van der Waals surface area contributed by atoms with Crippen LogP contribution in [0.2, 0.25) is 0 Å². The van der Waals surface area contributed by atoms with Crippen LogP contribution in [0, 0.1) is 0 Å². The quantitative estimate of drug-likeness (QED) is 0.565. The summed E-state index contributed by atoms with van der Waals surface area (Å²) in [6, 6.07) is 8.25.